The van der Waals surface area contributed by atoms with Gasteiger partial charge < -0.3 is 10.4 Å². The van der Waals surface area contributed by atoms with Crippen LogP contribution in [-0.2, 0) is 0 Å². The zero-order valence-electron chi connectivity index (χ0n) is 13.7. The molecule has 1 aliphatic carbocycles. The van der Waals surface area contributed by atoms with E-state index >= 15 is 0 Å². The van der Waals surface area contributed by atoms with Gasteiger partial charge in [-0.15, -0.1) is 0 Å². The van der Waals surface area contributed by atoms with Crippen LogP contribution in [-0.4, -0.2) is 47.2 Å². The highest BCUT2D eigenvalue weighted by atomic mass is 19.1. The molecule has 1 amide bonds. The van der Waals surface area contributed by atoms with E-state index in [2.05, 4.69) is 10.2 Å². The minimum Gasteiger partial charge on any atom is -0.389 e. The quantitative estimate of drug-likeness (QED) is 0.833. The van der Waals surface area contributed by atoms with Gasteiger partial charge in [0.1, 0.15) is 11.6 Å². The minimum absolute atomic E-state index is 0.0402. The second-order valence-corrected chi connectivity index (χ2v) is 6.79. The van der Waals surface area contributed by atoms with Gasteiger partial charge in [0, 0.05) is 12.1 Å². The molecule has 0 unspecified atom stereocenters. The SMILES string of the molecule is O=C(N[C@@H]1CCCC[C@@H](N2CCCC2)[C@@H]1O)c1ccc(F)cc1F. The van der Waals surface area contributed by atoms with Crippen molar-refractivity contribution in [2.75, 3.05) is 13.1 Å². The van der Waals surface area contributed by atoms with Crippen LogP contribution in [0, 0.1) is 11.6 Å². The van der Waals surface area contributed by atoms with Gasteiger partial charge >= 0.3 is 0 Å². The van der Waals surface area contributed by atoms with Crippen LogP contribution < -0.4 is 5.32 Å². The molecule has 1 heterocycles. The van der Waals surface area contributed by atoms with Crippen LogP contribution in [0.25, 0.3) is 0 Å². The number of benzene rings is 1. The number of carbonyl (C=O) groups is 1. The Bertz CT molecular complexity index is 590. The summed E-state index contributed by atoms with van der Waals surface area (Å²) < 4.78 is 26.8. The molecule has 132 valence electrons. The van der Waals surface area contributed by atoms with Crippen molar-refractivity contribution >= 4 is 5.91 Å². The van der Waals surface area contributed by atoms with Crippen LogP contribution in [0.4, 0.5) is 8.78 Å². The molecule has 1 aliphatic heterocycles. The summed E-state index contributed by atoms with van der Waals surface area (Å²) in [5.74, 6) is -2.20. The molecule has 6 heteroatoms. The molecule has 0 aromatic heterocycles. The molecule has 1 aromatic rings. The first kappa shape index (κ1) is 17.3. The van der Waals surface area contributed by atoms with E-state index in [4.69, 9.17) is 0 Å². The van der Waals surface area contributed by atoms with Crippen molar-refractivity contribution in [3.63, 3.8) is 0 Å². The van der Waals surface area contributed by atoms with E-state index in [-0.39, 0.29) is 11.6 Å². The maximum atomic E-state index is 13.8. The number of rotatable bonds is 3. The van der Waals surface area contributed by atoms with Gasteiger partial charge in [0.2, 0.25) is 0 Å². The number of amides is 1. The van der Waals surface area contributed by atoms with Crippen LogP contribution in [0.1, 0.15) is 48.9 Å². The van der Waals surface area contributed by atoms with Crippen molar-refractivity contribution in [2.24, 2.45) is 0 Å². The van der Waals surface area contributed by atoms with E-state index in [0.29, 0.717) is 12.5 Å². The zero-order chi connectivity index (χ0) is 17.1. The second-order valence-electron chi connectivity index (χ2n) is 6.79. The van der Waals surface area contributed by atoms with Crippen molar-refractivity contribution < 1.29 is 18.7 Å². The Labute approximate surface area is 140 Å². The number of likely N-dealkylation sites (tertiary alicyclic amines) is 1. The molecule has 0 bridgehead atoms. The third-order valence-corrected chi connectivity index (χ3v) is 5.17. The molecule has 2 aliphatic rings. The Kier molecular flexibility index (Phi) is 5.46. The summed E-state index contributed by atoms with van der Waals surface area (Å²) in [6.45, 7) is 1.96. The fourth-order valence-corrected chi connectivity index (χ4v) is 3.88. The molecule has 2 fully saturated rings. The average Bonchev–Trinajstić information content (AvgIpc) is 3.01. The van der Waals surface area contributed by atoms with E-state index < -0.39 is 29.7 Å². The van der Waals surface area contributed by atoms with Crippen LogP contribution in [0.3, 0.4) is 0 Å². The molecule has 2 N–H and O–H groups in total. The van der Waals surface area contributed by atoms with E-state index in [0.717, 1.165) is 57.3 Å². The smallest absolute Gasteiger partial charge is 0.254 e. The molecular weight excluding hydrogens is 314 g/mol. The van der Waals surface area contributed by atoms with E-state index in [9.17, 15) is 18.7 Å². The van der Waals surface area contributed by atoms with Crippen LogP contribution >= 0.6 is 0 Å². The summed E-state index contributed by atoms with van der Waals surface area (Å²) >= 11 is 0. The molecule has 1 saturated carbocycles. The monoisotopic (exact) mass is 338 g/mol. The Morgan fingerprint density at radius 2 is 1.83 bits per heavy atom. The Balaban J connectivity index is 1.71. The topological polar surface area (TPSA) is 52.6 Å². The highest BCUT2D eigenvalue weighted by molar-refractivity contribution is 5.94. The van der Waals surface area contributed by atoms with Crippen molar-refractivity contribution in [3.8, 4) is 0 Å². The van der Waals surface area contributed by atoms with Gasteiger partial charge in [0.05, 0.1) is 17.7 Å². The molecular formula is C18H24F2N2O2. The average molecular weight is 338 g/mol. The van der Waals surface area contributed by atoms with Crippen molar-refractivity contribution in [3.05, 3.63) is 35.4 Å². The summed E-state index contributed by atoms with van der Waals surface area (Å²) in [6.07, 6.45) is 5.12. The summed E-state index contributed by atoms with van der Waals surface area (Å²) in [6, 6.07) is 2.54. The highest BCUT2D eigenvalue weighted by Crippen LogP contribution is 2.26. The summed E-state index contributed by atoms with van der Waals surface area (Å²) in [7, 11) is 0. The van der Waals surface area contributed by atoms with Gasteiger partial charge in [-0.3, -0.25) is 9.69 Å². The second kappa shape index (κ2) is 7.57. The first-order valence-corrected chi connectivity index (χ1v) is 8.74. The third-order valence-electron chi connectivity index (χ3n) is 5.17. The van der Waals surface area contributed by atoms with Gasteiger partial charge in [-0.05, 0) is 50.9 Å². The fourth-order valence-electron chi connectivity index (χ4n) is 3.88. The number of aliphatic hydroxyl groups is 1. The zero-order valence-corrected chi connectivity index (χ0v) is 13.7. The summed E-state index contributed by atoms with van der Waals surface area (Å²) in [5, 5.41) is 13.5. The molecule has 4 nitrogen and oxygen atoms in total. The van der Waals surface area contributed by atoms with E-state index in [1.54, 1.807) is 0 Å². The largest absolute Gasteiger partial charge is 0.389 e. The first-order chi connectivity index (χ1) is 11.6. The molecule has 3 rings (SSSR count). The first-order valence-electron chi connectivity index (χ1n) is 8.74. The lowest BCUT2D eigenvalue weighted by atomic mass is 10.00. The number of hydrogen-bond donors (Lipinski definition) is 2. The van der Waals surface area contributed by atoms with Crippen molar-refractivity contribution in [1.29, 1.82) is 0 Å². The lowest BCUT2D eigenvalue weighted by Crippen LogP contribution is -2.52. The number of nitrogens with zero attached hydrogens (tertiary/aromatic N) is 1. The summed E-state index contributed by atoms with van der Waals surface area (Å²) in [5.41, 5.74) is -0.189. The number of aliphatic hydroxyl groups excluding tert-OH is 1. The standard InChI is InChI=1S/C18H24F2N2O2/c19-12-7-8-13(14(20)11-12)18(24)21-15-5-1-2-6-16(17(15)23)22-9-3-4-10-22/h7-8,11,15-17,23H,1-6,9-10H2,(H,21,24)/t15-,16-,17-/m1/s1. The van der Waals surface area contributed by atoms with Crippen LogP contribution in [0.5, 0.6) is 0 Å². The minimum atomic E-state index is -0.883. The number of halogens is 2. The molecule has 0 spiro atoms. The van der Waals surface area contributed by atoms with Gasteiger partial charge in [-0.2, -0.15) is 0 Å². The Hall–Kier alpha value is -1.53. The van der Waals surface area contributed by atoms with Crippen molar-refractivity contribution in [1.82, 2.24) is 10.2 Å². The Morgan fingerprint density at radius 1 is 1.12 bits per heavy atom. The predicted octanol–water partition coefficient (Wildman–Crippen LogP) is 2.46. The van der Waals surface area contributed by atoms with Crippen LogP contribution in [0.2, 0.25) is 0 Å². The highest BCUT2D eigenvalue weighted by Gasteiger charge is 2.35. The number of carbonyl (C=O) groups excluding carboxylic acids is 1. The predicted molar refractivity (Wildman–Crippen MR) is 86.7 cm³/mol. The van der Waals surface area contributed by atoms with Crippen LogP contribution in [0.15, 0.2) is 18.2 Å². The number of hydrogen-bond acceptors (Lipinski definition) is 3. The number of nitrogens with one attached hydrogen (secondary N) is 1. The Morgan fingerprint density at radius 3 is 2.54 bits per heavy atom. The van der Waals surface area contributed by atoms with Crippen molar-refractivity contribution in [2.45, 2.75) is 56.7 Å². The lowest BCUT2D eigenvalue weighted by molar-refractivity contribution is 0.0337. The molecule has 0 radical (unpaired) electrons. The lowest BCUT2D eigenvalue weighted by Gasteiger charge is -2.34. The molecule has 24 heavy (non-hydrogen) atoms. The molecule has 1 saturated heterocycles. The van der Waals surface area contributed by atoms with Gasteiger partial charge in [-0.25, -0.2) is 8.78 Å². The summed E-state index contributed by atoms with van der Waals surface area (Å²) in [4.78, 5) is 14.6. The van der Waals surface area contributed by atoms with Gasteiger partial charge in [-0.1, -0.05) is 12.8 Å². The van der Waals surface area contributed by atoms with Gasteiger partial charge in [0.25, 0.3) is 5.91 Å². The third kappa shape index (κ3) is 3.75. The fraction of sp³-hybridized carbons (Fsp3) is 0.611. The van der Waals surface area contributed by atoms with E-state index in [1.807, 2.05) is 0 Å². The maximum Gasteiger partial charge on any atom is 0.254 e. The normalized spacial score (nSPS) is 28.5. The van der Waals surface area contributed by atoms with E-state index in [1.165, 1.54) is 0 Å². The maximum absolute atomic E-state index is 13.8. The van der Waals surface area contributed by atoms with Gasteiger partial charge in [0.15, 0.2) is 0 Å². The molecule has 3 atom stereocenters. The molecule has 1 aromatic carbocycles.